The highest BCUT2D eigenvalue weighted by Crippen LogP contribution is 2.28. The number of pyridine rings is 2. The van der Waals surface area contributed by atoms with Crippen LogP contribution in [0.4, 0.5) is 0 Å². The lowest BCUT2D eigenvalue weighted by molar-refractivity contribution is 0.415. The molecule has 0 unspecified atom stereocenters. The Hall–Kier alpha value is -3.66. The number of imidazole rings is 1. The number of benzene rings is 2. The summed E-state index contributed by atoms with van der Waals surface area (Å²) in [5.74, 6) is 0.836. The van der Waals surface area contributed by atoms with Gasteiger partial charge in [0.25, 0.3) is 0 Å². The molecule has 4 heteroatoms. The summed E-state index contributed by atoms with van der Waals surface area (Å²) < 4.78 is 7.33. The van der Waals surface area contributed by atoms with Gasteiger partial charge in [0.15, 0.2) is 0 Å². The fourth-order valence-electron chi connectivity index (χ4n) is 3.55. The fraction of sp³-hybridized carbons (Fsp3) is 0.0833. The summed E-state index contributed by atoms with van der Waals surface area (Å²) in [5, 5.41) is 1.13. The summed E-state index contributed by atoms with van der Waals surface area (Å²) >= 11 is 0. The van der Waals surface area contributed by atoms with Gasteiger partial charge in [0.05, 0.1) is 18.5 Å². The number of hydrogen-bond acceptors (Lipinski definition) is 3. The molecule has 3 aromatic heterocycles. The van der Waals surface area contributed by atoms with Crippen molar-refractivity contribution in [3.63, 3.8) is 0 Å². The molecule has 0 saturated heterocycles. The average molecular weight is 365 g/mol. The van der Waals surface area contributed by atoms with E-state index < -0.39 is 0 Å². The predicted octanol–water partition coefficient (Wildman–Crippen LogP) is 5.53. The van der Waals surface area contributed by atoms with E-state index in [0.717, 1.165) is 44.9 Å². The van der Waals surface area contributed by atoms with Gasteiger partial charge in [-0.2, -0.15) is 0 Å². The molecule has 0 aliphatic heterocycles. The molecule has 2 aromatic carbocycles. The molecule has 0 saturated carbocycles. The van der Waals surface area contributed by atoms with E-state index in [-0.39, 0.29) is 0 Å². The largest absolute Gasteiger partial charge is 0.497 e. The molecule has 0 amide bonds. The maximum atomic E-state index is 5.25. The van der Waals surface area contributed by atoms with Gasteiger partial charge < -0.3 is 4.74 Å². The lowest BCUT2D eigenvalue weighted by atomic mass is 10.1. The highest BCUT2D eigenvalue weighted by molar-refractivity contribution is 5.85. The number of ether oxygens (including phenoxy) is 1. The molecular formula is C24H19N3O. The molecule has 4 nitrogen and oxygen atoms in total. The zero-order chi connectivity index (χ0) is 19.1. The summed E-state index contributed by atoms with van der Waals surface area (Å²) in [5.41, 5.74) is 7.05. The van der Waals surface area contributed by atoms with Gasteiger partial charge in [0, 0.05) is 22.7 Å². The molecule has 5 rings (SSSR count). The van der Waals surface area contributed by atoms with Gasteiger partial charge in [0.1, 0.15) is 17.0 Å². The van der Waals surface area contributed by atoms with Crippen molar-refractivity contribution >= 4 is 16.7 Å². The highest BCUT2D eigenvalue weighted by atomic mass is 16.5. The fourth-order valence-corrected chi connectivity index (χ4v) is 3.55. The van der Waals surface area contributed by atoms with Crippen molar-refractivity contribution < 1.29 is 4.74 Å². The minimum absolute atomic E-state index is 0.836. The lowest BCUT2D eigenvalue weighted by Gasteiger charge is -2.08. The van der Waals surface area contributed by atoms with E-state index in [1.165, 1.54) is 5.56 Å². The second-order valence-electron chi connectivity index (χ2n) is 6.84. The Morgan fingerprint density at radius 3 is 2.29 bits per heavy atom. The Labute approximate surface area is 163 Å². The van der Waals surface area contributed by atoms with Gasteiger partial charge >= 0.3 is 0 Å². The van der Waals surface area contributed by atoms with Crippen molar-refractivity contribution in [2.45, 2.75) is 6.92 Å². The summed E-state index contributed by atoms with van der Waals surface area (Å²) in [4.78, 5) is 9.77. The maximum Gasteiger partial charge on any atom is 0.146 e. The van der Waals surface area contributed by atoms with E-state index in [1.54, 1.807) is 7.11 Å². The smallest absolute Gasteiger partial charge is 0.146 e. The minimum Gasteiger partial charge on any atom is -0.497 e. The van der Waals surface area contributed by atoms with E-state index in [4.69, 9.17) is 14.7 Å². The van der Waals surface area contributed by atoms with Crippen LogP contribution in [0.3, 0.4) is 0 Å². The SMILES string of the molecule is COc1ccc(-c2cn3c(ccc4c(C)cc(-c5ccccc5)nc43)n2)cc1. The molecule has 0 aliphatic rings. The summed E-state index contributed by atoms with van der Waals surface area (Å²) in [7, 11) is 1.67. The van der Waals surface area contributed by atoms with Crippen LogP contribution in [0.1, 0.15) is 5.56 Å². The molecule has 0 atom stereocenters. The topological polar surface area (TPSA) is 39.4 Å². The maximum absolute atomic E-state index is 5.25. The molecule has 3 heterocycles. The second-order valence-corrected chi connectivity index (χ2v) is 6.84. The molecule has 0 aliphatic carbocycles. The lowest BCUT2D eigenvalue weighted by Crippen LogP contribution is -1.95. The van der Waals surface area contributed by atoms with Gasteiger partial charge in [-0.25, -0.2) is 9.97 Å². The summed E-state index contributed by atoms with van der Waals surface area (Å²) in [6, 6.07) is 24.5. The Bertz CT molecular complexity index is 1290. The van der Waals surface area contributed by atoms with Gasteiger partial charge in [-0.05, 0) is 55.0 Å². The highest BCUT2D eigenvalue weighted by Gasteiger charge is 2.11. The standard InChI is InChI=1S/C24H19N3O/c1-16-14-21(17-6-4-3-5-7-17)26-24-20(16)12-13-23-25-22(15-27(23)24)18-8-10-19(28-2)11-9-18/h3-15H,1-2H3. The third kappa shape index (κ3) is 2.70. The van der Waals surface area contributed by atoms with E-state index >= 15 is 0 Å². The van der Waals surface area contributed by atoms with E-state index in [0.29, 0.717) is 0 Å². The van der Waals surface area contributed by atoms with Crippen LogP contribution in [0, 0.1) is 6.92 Å². The van der Waals surface area contributed by atoms with Crippen LogP contribution in [-0.4, -0.2) is 21.5 Å². The predicted molar refractivity (Wildman–Crippen MR) is 113 cm³/mol. The number of rotatable bonds is 3. The van der Waals surface area contributed by atoms with Crippen LogP contribution in [0.2, 0.25) is 0 Å². The number of methoxy groups -OCH3 is 1. The van der Waals surface area contributed by atoms with Crippen LogP contribution < -0.4 is 4.74 Å². The Balaban J connectivity index is 1.71. The van der Waals surface area contributed by atoms with Crippen LogP contribution in [-0.2, 0) is 0 Å². The second kappa shape index (κ2) is 6.50. The Morgan fingerprint density at radius 2 is 1.54 bits per heavy atom. The van der Waals surface area contributed by atoms with E-state index in [2.05, 4.69) is 41.8 Å². The van der Waals surface area contributed by atoms with Crippen LogP contribution in [0.5, 0.6) is 5.75 Å². The zero-order valence-corrected chi connectivity index (χ0v) is 15.8. The van der Waals surface area contributed by atoms with Crippen molar-refractivity contribution in [2.24, 2.45) is 0 Å². The molecule has 0 bridgehead atoms. The number of aryl methyl sites for hydroxylation is 1. The number of fused-ring (bicyclic) bond motifs is 3. The summed E-state index contributed by atoms with van der Waals surface area (Å²) in [6.07, 6.45) is 2.06. The van der Waals surface area contributed by atoms with Crippen molar-refractivity contribution in [2.75, 3.05) is 7.11 Å². The first-order chi connectivity index (χ1) is 13.7. The Kier molecular flexibility index (Phi) is 3.83. The molecule has 136 valence electrons. The van der Waals surface area contributed by atoms with Crippen molar-refractivity contribution in [1.29, 1.82) is 0 Å². The zero-order valence-electron chi connectivity index (χ0n) is 15.8. The minimum atomic E-state index is 0.836. The normalized spacial score (nSPS) is 11.2. The molecule has 0 spiro atoms. The van der Waals surface area contributed by atoms with Crippen molar-refractivity contribution in [3.8, 4) is 28.3 Å². The number of hydrogen-bond donors (Lipinski definition) is 0. The average Bonchev–Trinajstić information content (AvgIpc) is 3.19. The quantitative estimate of drug-likeness (QED) is 0.422. The van der Waals surface area contributed by atoms with Crippen molar-refractivity contribution in [1.82, 2.24) is 14.4 Å². The van der Waals surface area contributed by atoms with Crippen LogP contribution in [0.25, 0.3) is 39.2 Å². The molecular weight excluding hydrogens is 346 g/mol. The Morgan fingerprint density at radius 1 is 0.786 bits per heavy atom. The van der Waals surface area contributed by atoms with E-state index in [9.17, 15) is 0 Å². The molecule has 0 radical (unpaired) electrons. The summed E-state index contributed by atoms with van der Waals surface area (Å²) in [6.45, 7) is 2.13. The molecule has 28 heavy (non-hydrogen) atoms. The monoisotopic (exact) mass is 365 g/mol. The first-order valence-corrected chi connectivity index (χ1v) is 9.22. The first kappa shape index (κ1) is 16.5. The third-order valence-corrected chi connectivity index (χ3v) is 5.06. The van der Waals surface area contributed by atoms with Crippen LogP contribution in [0.15, 0.2) is 79.0 Å². The molecule has 0 fully saturated rings. The van der Waals surface area contributed by atoms with Gasteiger partial charge in [-0.1, -0.05) is 30.3 Å². The number of nitrogens with zero attached hydrogens (tertiary/aromatic N) is 3. The van der Waals surface area contributed by atoms with E-state index in [1.807, 2.05) is 48.5 Å². The number of aromatic nitrogens is 3. The van der Waals surface area contributed by atoms with Crippen molar-refractivity contribution in [3.05, 3.63) is 84.6 Å². The third-order valence-electron chi connectivity index (χ3n) is 5.06. The molecule has 0 N–H and O–H groups in total. The first-order valence-electron chi connectivity index (χ1n) is 9.22. The van der Waals surface area contributed by atoms with Crippen LogP contribution >= 0.6 is 0 Å². The molecule has 5 aromatic rings. The van der Waals surface area contributed by atoms with Gasteiger partial charge in [-0.15, -0.1) is 0 Å². The van der Waals surface area contributed by atoms with Gasteiger partial charge in [-0.3, -0.25) is 4.40 Å². The van der Waals surface area contributed by atoms with Gasteiger partial charge in [0.2, 0.25) is 0 Å².